The Labute approximate surface area is 151 Å². The van der Waals surface area contributed by atoms with Crippen LogP contribution in [0.1, 0.15) is 12.0 Å². The highest BCUT2D eigenvalue weighted by atomic mass is 16.3. The van der Waals surface area contributed by atoms with Gasteiger partial charge < -0.3 is 15.1 Å². The summed E-state index contributed by atoms with van der Waals surface area (Å²) < 4.78 is 5.40. The highest BCUT2D eigenvalue weighted by molar-refractivity contribution is 5.81. The van der Waals surface area contributed by atoms with Gasteiger partial charge in [0.15, 0.2) is 12.0 Å². The molecule has 5 rings (SSSR count). The number of hydrogen-bond acceptors (Lipinski definition) is 5. The Morgan fingerprint density at radius 1 is 0.962 bits per heavy atom. The van der Waals surface area contributed by atoms with E-state index in [0.29, 0.717) is 0 Å². The van der Waals surface area contributed by atoms with Crippen molar-refractivity contribution in [1.82, 2.24) is 9.97 Å². The van der Waals surface area contributed by atoms with Crippen molar-refractivity contribution in [1.29, 1.82) is 0 Å². The number of rotatable bonds is 3. The van der Waals surface area contributed by atoms with Gasteiger partial charge in [0.1, 0.15) is 5.52 Å². The van der Waals surface area contributed by atoms with Crippen LogP contribution in [0.15, 0.2) is 65.7 Å². The predicted octanol–water partition coefficient (Wildman–Crippen LogP) is 4.99. The van der Waals surface area contributed by atoms with Crippen LogP contribution in [0.2, 0.25) is 0 Å². The SMILES string of the molecule is c1nc2ccc(-c3cncc(Nc4ccc5c(c4)NCCC5)c3)cc2o1. The second-order valence-electron chi connectivity index (χ2n) is 6.52. The molecule has 0 unspecified atom stereocenters. The molecule has 2 N–H and O–H groups in total. The fraction of sp³-hybridized carbons (Fsp3) is 0.143. The van der Waals surface area contributed by atoms with E-state index in [2.05, 4.69) is 44.9 Å². The molecule has 2 aromatic heterocycles. The average Bonchev–Trinajstić information content (AvgIpc) is 3.16. The molecule has 0 fully saturated rings. The number of pyridine rings is 1. The Kier molecular flexibility index (Phi) is 3.56. The molecule has 1 aliphatic rings. The van der Waals surface area contributed by atoms with Crippen LogP contribution in [-0.4, -0.2) is 16.5 Å². The van der Waals surface area contributed by atoms with Crippen LogP contribution in [0, 0.1) is 0 Å². The molecule has 3 heterocycles. The van der Waals surface area contributed by atoms with E-state index in [-0.39, 0.29) is 0 Å². The molecule has 128 valence electrons. The van der Waals surface area contributed by atoms with Crippen molar-refractivity contribution in [3.8, 4) is 11.1 Å². The lowest BCUT2D eigenvalue weighted by Crippen LogP contribution is -2.11. The maximum atomic E-state index is 5.40. The Morgan fingerprint density at radius 3 is 2.96 bits per heavy atom. The van der Waals surface area contributed by atoms with Gasteiger partial charge in [-0.05, 0) is 54.3 Å². The normalized spacial score (nSPS) is 13.2. The van der Waals surface area contributed by atoms with Crippen molar-refractivity contribution in [3.05, 3.63) is 66.8 Å². The fourth-order valence-electron chi connectivity index (χ4n) is 3.41. The van der Waals surface area contributed by atoms with Gasteiger partial charge in [0.2, 0.25) is 0 Å². The molecule has 0 aliphatic carbocycles. The van der Waals surface area contributed by atoms with E-state index in [4.69, 9.17) is 4.42 Å². The number of fused-ring (bicyclic) bond motifs is 2. The van der Waals surface area contributed by atoms with Gasteiger partial charge in [-0.2, -0.15) is 0 Å². The maximum Gasteiger partial charge on any atom is 0.181 e. The van der Waals surface area contributed by atoms with Gasteiger partial charge in [0.05, 0.1) is 11.9 Å². The number of aryl methyl sites for hydroxylation is 1. The standard InChI is InChI=1S/C21H18N4O/c1-2-14-3-5-17(10-20(14)23-7-1)25-18-8-16(11-22-12-18)15-4-6-19-21(9-15)26-13-24-19/h3-6,8-13,23,25H,1-2,7H2. The van der Waals surface area contributed by atoms with Gasteiger partial charge in [0, 0.05) is 29.7 Å². The Bertz CT molecular complexity index is 1090. The zero-order valence-corrected chi connectivity index (χ0v) is 14.2. The lowest BCUT2D eigenvalue weighted by atomic mass is 10.0. The minimum absolute atomic E-state index is 0.779. The summed E-state index contributed by atoms with van der Waals surface area (Å²) in [6.45, 7) is 1.04. The molecule has 0 spiro atoms. The van der Waals surface area contributed by atoms with E-state index in [1.54, 1.807) is 0 Å². The highest BCUT2D eigenvalue weighted by Gasteiger charge is 2.09. The molecule has 5 nitrogen and oxygen atoms in total. The Balaban J connectivity index is 1.44. The quantitative estimate of drug-likeness (QED) is 0.549. The van der Waals surface area contributed by atoms with Gasteiger partial charge >= 0.3 is 0 Å². The van der Waals surface area contributed by atoms with Crippen molar-refractivity contribution >= 4 is 28.2 Å². The smallest absolute Gasteiger partial charge is 0.181 e. The van der Waals surface area contributed by atoms with E-state index >= 15 is 0 Å². The molecule has 2 aromatic carbocycles. The topological polar surface area (TPSA) is 63.0 Å². The molecule has 0 bridgehead atoms. The molecular weight excluding hydrogens is 324 g/mol. The van der Waals surface area contributed by atoms with E-state index in [1.165, 1.54) is 24.1 Å². The monoisotopic (exact) mass is 342 g/mol. The van der Waals surface area contributed by atoms with Gasteiger partial charge in [-0.3, -0.25) is 4.98 Å². The summed E-state index contributed by atoms with van der Waals surface area (Å²) in [5, 5.41) is 6.93. The first-order valence-corrected chi connectivity index (χ1v) is 8.78. The maximum absolute atomic E-state index is 5.40. The van der Waals surface area contributed by atoms with E-state index in [0.717, 1.165) is 46.6 Å². The number of anilines is 3. The molecule has 0 atom stereocenters. The van der Waals surface area contributed by atoms with Gasteiger partial charge in [0.25, 0.3) is 0 Å². The summed E-state index contributed by atoms with van der Waals surface area (Å²) in [4.78, 5) is 8.55. The van der Waals surface area contributed by atoms with Crippen molar-refractivity contribution in [2.24, 2.45) is 0 Å². The molecule has 0 amide bonds. The first-order chi connectivity index (χ1) is 12.8. The second-order valence-corrected chi connectivity index (χ2v) is 6.52. The molecule has 4 aromatic rings. The number of benzene rings is 2. The predicted molar refractivity (Wildman–Crippen MR) is 104 cm³/mol. The number of aromatic nitrogens is 2. The van der Waals surface area contributed by atoms with Crippen molar-refractivity contribution < 1.29 is 4.42 Å². The van der Waals surface area contributed by atoms with Gasteiger partial charge in [-0.25, -0.2) is 4.98 Å². The minimum Gasteiger partial charge on any atom is -0.443 e. The Hall–Kier alpha value is -3.34. The van der Waals surface area contributed by atoms with E-state index < -0.39 is 0 Å². The first kappa shape index (κ1) is 15.0. The van der Waals surface area contributed by atoms with Crippen molar-refractivity contribution in [3.63, 3.8) is 0 Å². The largest absolute Gasteiger partial charge is 0.443 e. The zero-order chi connectivity index (χ0) is 17.3. The van der Waals surface area contributed by atoms with Gasteiger partial charge in [-0.15, -0.1) is 0 Å². The van der Waals surface area contributed by atoms with Crippen LogP contribution < -0.4 is 10.6 Å². The highest BCUT2D eigenvalue weighted by Crippen LogP contribution is 2.29. The van der Waals surface area contributed by atoms with Crippen molar-refractivity contribution in [2.45, 2.75) is 12.8 Å². The molecule has 0 saturated carbocycles. The summed E-state index contributed by atoms with van der Waals surface area (Å²) in [6.07, 6.45) is 7.50. The number of nitrogens with zero attached hydrogens (tertiary/aromatic N) is 2. The summed E-state index contributed by atoms with van der Waals surface area (Å²) in [7, 11) is 0. The Morgan fingerprint density at radius 2 is 1.96 bits per heavy atom. The third-order valence-electron chi connectivity index (χ3n) is 4.74. The lowest BCUT2D eigenvalue weighted by molar-refractivity contribution is 0.602. The third-order valence-corrected chi connectivity index (χ3v) is 4.74. The molecule has 0 saturated heterocycles. The first-order valence-electron chi connectivity index (χ1n) is 8.78. The van der Waals surface area contributed by atoms with Crippen LogP contribution in [-0.2, 0) is 6.42 Å². The number of nitrogens with one attached hydrogen (secondary N) is 2. The van der Waals surface area contributed by atoms with Crippen LogP contribution in [0.25, 0.3) is 22.2 Å². The summed E-state index contributed by atoms with van der Waals surface area (Å²) >= 11 is 0. The molecular formula is C21H18N4O. The van der Waals surface area contributed by atoms with Crippen molar-refractivity contribution in [2.75, 3.05) is 17.2 Å². The van der Waals surface area contributed by atoms with Crippen LogP contribution in [0.5, 0.6) is 0 Å². The van der Waals surface area contributed by atoms with E-state index in [9.17, 15) is 0 Å². The number of oxazole rings is 1. The van der Waals surface area contributed by atoms with Gasteiger partial charge in [-0.1, -0.05) is 12.1 Å². The molecule has 26 heavy (non-hydrogen) atoms. The molecule has 1 aliphatic heterocycles. The summed E-state index contributed by atoms with van der Waals surface area (Å²) in [5.41, 5.74) is 8.34. The fourth-order valence-corrected chi connectivity index (χ4v) is 3.41. The minimum atomic E-state index is 0.779. The second kappa shape index (κ2) is 6.19. The summed E-state index contributed by atoms with van der Waals surface area (Å²) in [6, 6.07) is 14.6. The van der Waals surface area contributed by atoms with E-state index in [1.807, 2.05) is 30.6 Å². The zero-order valence-electron chi connectivity index (χ0n) is 14.2. The number of hydrogen-bond donors (Lipinski definition) is 2. The average molecular weight is 342 g/mol. The molecule has 5 heteroatoms. The lowest BCUT2D eigenvalue weighted by Gasteiger charge is -2.19. The van der Waals surface area contributed by atoms with Crippen LogP contribution in [0.4, 0.5) is 17.1 Å². The third kappa shape index (κ3) is 2.77. The van der Waals surface area contributed by atoms with Crippen LogP contribution in [0.3, 0.4) is 0 Å². The summed E-state index contributed by atoms with van der Waals surface area (Å²) in [5.74, 6) is 0. The molecule has 0 radical (unpaired) electrons. The van der Waals surface area contributed by atoms with Crippen LogP contribution >= 0.6 is 0 Å².